The smallest absolute Gasteiger partial charge is 0.262 e. The van der Waals surface area contributed by atoms with E-state index in [0.29, 0.717) is 11.1 Å². The molecule has 2 aliphatic rings. The lowest BCUT2D eigenvalue weighted by molar-refractivity contribution is -0.123. The highest BCUT2D eigenvalue weighted by Crippen LogP contribution is 2.52. The van der Waals surface area contributed by atoms with Gasteiger partial charge >= 0.3 is 0 Å². The van der Waals surface area contributed by atoms with Crippen LogP contribution < -0.4 is 4.90 Å². The molecule has 0 saturated heterocycles. The molecule has 0 fully saturated rings. The van der Waals surface area contributed by atoms with Crippen LogP contribution in [0.2, 0.25) is 0 Å². The van der Waals surface area contributed by atoms with Gasteiger partial charge in [0.15, 0.2) is 0 Å². The van der Waals surface area contributed by atoms with E-state index >= 15 is 0 Å². The first-order valence-corrected chi connectivity index (χ1v) is 12.8. The van der Waals surface area contributed by atoms with Crippen molar-refractivity contribution in [1.82, 2.24) is 4.90 Å². The number of fused-ring (bicyclic) bond motifs is 4. The zero-order valence-electron chi connectivity index (χ0n) is 18.0. The quantitative estimate of drug-likeness (QED) is 0.265. The number of carbonyl (C=O) groups excluding carboxylic acids is 3. The number of hydrogen-bond acceptors (Lipinski definition) is 6. The second-order valence-electron chi connectivity index (χ2n) is 8.61. The first-order valence-electron chi connectivity index (χ1n) is 10.2. The second kappa shape index (κ2) is 7.16. The van der Waals surface area contributed by atoms with Gasteiger partial charge in [-0.3, -0.25) is 24.2 Å². The van der Waals surface area contributed by atoms with Gasteiger partial charge in [0.1, 0.15) is 9.87 Å². The number of carbonyl (C=O) groups is 3. The van der Waals surface area contributed by atoms with Gasteiger partial charge in [-0.15, -0.1) is 0 Å². The van der Waals surface area contributed by atoms with Crippen molar-refractivity contribution in [2.24, 2.45) is 0 Å². The Bertz CT molecular complexity index is 1350. The topological polar surface area (TPSA) is 57.7 Å². The first-order chi connectivity index (χ1) is 15.1. The van der Waals surface area contributed by atoms with Gasteiger partial charge in [-0.2, -0.15) is 0 Å². The SMILES string of the molecule is Cc1ccc2c(c1)-c1c(ssc1=S)C(C)(C)N2C(=O)[C@@H](C)N1C(=O)c2ccccc2C1=O. The molecular weight excluding hydrogens is 460 g/mol. The molecule has 5 rings (SSSR count). The minimum absolute atomic E-state index is 0.301. The molecule has 5 nitrogen and oxygen atoms in total. The van der Waals surface area contributed by atoms with Crippen LogP contribution in [0.4, 0.5) is 5.69 Å². The Hall–Kier alpha value is -2.68. The molecule has 3 aromatic rings. The van der Waals surface area contributed by atoms with E-state index in [0.717, 1.165) is 36.0 Å². The Labute approximate surface area is 198 Å². The molecule has 1 atom stereocenters. The summed E-state index contributed by atoms with van der Waals surface area (Å²) in [7, 11) is 3.11. The maximum absolute atomic E-state index is 14.0. The molecule has 32 heavy (non-hydrogen) atoms. The molecule has 2 aromatic carbocycles. The van der Waals surface area contributed by atoms with E-state index < -0.39 is 23.4 Å². The minimum Gasteiger partial charge on any atom is -0.299 e. The van der Waals surface area contributed by atoms with E-state index in [2.05, 4.69) is 0 Å². The van der Waals surface area contributed by atoms with Gasteiger partial charge in [-0.1, -0.05) is 56.7 Å². The largest absolute Gasteiger partial charge is 0.299 e. The first kappa shape index (κ1) is 21.2. The van der Waals surface area contributed by atoms with Crippen LogP contribution in [0, 0.1) is 10.7 Å². The van der Waals surface area contributed by atoms with Crippen LogP contribution >= 0.6 is 32.9 Å². The molecule has 3 amide bonds. The number of rotatable bonds is 2. The Morgan fingerprint density at radius 2 is 1.62 bits per heavy atom. The highest BCUT2D eigenvalue weighted by molar-refractivity contribution is 7.80. The lowest BCUT2D eigenvalue weighted by atomic mass is 9.86. The van der Waals surface area contributed by atoms with Crippen molar-refractivity contribution in [1.29, 1.82) is 0 Å². The summed E-state index contributed by atoms with van der Waals surface area (Å²) < 4.78 is 0.811. The summed E-state index contributed by atoms with van der Waals surface area (Å²) in [6, 6.07) is 11.7. The molecule has 0 spiro atoms. The van der Waals surface area contributed by atoms with Gasteiger partial charge in [-0.25, -0.2) is 0 Å². The van der Waals surface area contributed by atoms with Gasteiger partial charge in [0.2, 0.25) is 0 Å². The third-order valence-electron chi connectivity index (χ3n) is 6.20. The monoisotopic (exact) mass is 480 g/mol. The van der Waals surface area contributed by atoms with E-state index in [1.54, 1.807) is 46.4 Å². The van der Waals surface area contributed by atoms with E-state index in [4.69, 9.17) is 12.2 Å². The molecule has 8 heteroatoms. The van der Waals surface area contributed by atoms with Gasteiger partial charge in [0.05, 0.1) is 27.2 Å². The summed E-state index contributed by atoms with van der Waals surface area (Å²) in [6.07, 6.45) is 0. The van der Waals surface area contributed by atoms with Crippen molar-refractivity contribution in [3.05, 3.63) is 67.9 Å². The van der Waals surface area contributed by atoms with E-state index in [1.165, 1.54) is 10.3 Å². The van der Waals surface area contributed by atoms with Crippen LogP contribution in [0.15, 0.2) is 42.5 Å². The Kier molecular flexibility index (Phi) is 4.74. The van der Waals surface area contributed by atoms with Crippen LogP contribution in [0.5, 0.6) is 0 Å². The van der Waals surface area contributed by atoms with Crippen molar-refractivity contribution < 1.29 is 14.4 Å². The van der Waals surface area contributed by atoms with E-state index in [-0.39, 0.29) is 5.91 Å². The fourth-order valence-corrected chi connectivity index (χ4v) is 7.88. The molecule has 0 unspecified atom stereocenters. The highest BCUT2D eigenvalue weighted by Gasteiger charge is 2.48. The summed E-state index contributed by atoms with van der Waals surface area (Å²) in [6.45, 7) is 7.60. The predicted octanol–water partition coefficient (Wildman–Crippen LogP) is 5.78. The van der Waals surface area contributed by atoms with Gasteiger partial charge in [-0.05, 0) is 52.0 Å². The van der Waals surface area contributed by atoms with Gasteiger partial charge in [0.25, 0.3) is 17.7 Å². The molecule has 0 N–H and O–H groups in total. The van der Waals surface area contributed by atoms with Crippen LogP contribution in [0.3, 0.4) is 0 Å². The average Bonchev–Trinajstić information content (AvgIpc) is 3.27. The minimum atomic E-state index is -0.955. The normalized spacial score (nSPS) is 17.1. The summed E-state index contributed by atoms with van der Waals surface area (Å²) in [5.74, 6) is -1.17. The van der Waals surface area contributed by atoms with E-state index in [9.17, 15) is 14.4 Å². The number of hydrogen-bond donors (Lipinski definition) is 0. The Balaban J connectivity index is 1.62. The summed E-state index contributed by atoms with van der Waals surface area (Å²) in [5.41, 5.74) is 3.74. The maximum Gasteiger partial charge on any atom is 0.262 e. The lowest BCUT2D eigenvalue weighted by Gasteiger charge is -2.44. The van der Waals surface area contributed by atoms with Gasteiger partial charge < -0.3 is 0 Å². The van der Waals surface area contributed by atoms with Crippen molar-refractivity contribution in [3.63, 3.8) is 0 Å². The fraction of sp³-hybridized carbons (Fsp3) is 0.250. The molecule has 162 valence electrons. The molecule has 0 bridgehead atoms. The molecule has 3 heterocycles. The van der Waals surface area contributed by atoms with Crippen molar-refractivity contribution in [2.75, 3.05) is 4.90 Å². The Morgan fingerprint density at radius 3 is 2.25 bits per heavy atom. The number of benzene rings is 2. The Morgan fingerprint density at radius 1 is 1.00 bits per heavy atom. The highest BCUT2D eigenvalue weighted by atomic mass is 32.9. The summed E-state index contributed by atoms with van der Waals surface area (Å²) in [5, 5.41) is 0. The second-order valence-corrected chi connectivity index (χ2v) is 11.4. The average molecular weight is 481 g/mol. The number of amides is 3. The maximum atomic E-state index is 14.0. The zero-order chi connectivity index (χ0) is 22.9. The standard InChI is InChI=1S/C24H20N2O3S3/c1-12-9-10-17-16(11-12)18-19(31-32-23(18)30)24(3,4)26(17)20(27)13(2)25-21(28)14-7-5-6-8-15(14)22(25)29/h5-11,13H,1-4H3/t13-/m1/s1. The third-order valence-corrected chi connectivity index (χ3v) is 9.53. The number of imide groups is 1. The van der Waals surface area contributed by atoms with E-state index in [1.807, 2.05) is 39.0 Å². The number of aryl methyl sites for hydroxylation is 1. The van der Waals surface area contributed by atoms with Crippen LogP contribution in [-0.4, -0.2) is 28.7 Å². The van der Waals surface area contributed by atoms with Crippen LogP contribution in [-0.2, 0) is 10.3 Å². The molecule has 0 aliphatic carbocycles. The van der Waals surface area contributed by atoms with Crippen LogP contribution in [0.1, 0.15) is 51.9 Å². The lowest BCUT2D eigenvalue weighted by Crippen LogP contribution is -2.56. The van der Waals surface area contributed by atoms with Crippen molar-refractivity contribution in [2.45, 2.75) is 39.3 Å². The molecular formula is C24H20N2O3S3. The number of anilines is 1. The number of nitrogens with zero attached hydrogens (tertiary/aromatic N) is 2. The molecule has 0 saturated carbocycles. The third kappa shape index (κ3) is 2.79. The summed E-state index contributed by atoms with van der Waals surface area (Å²) >= 11 is 5.64. The van der Waals surface area contributed by atoms with Crippen molar-refractivity contribution in [3.8, 4) is 11.1 Å². The predicted molar refractivity (Wildman–Crippen MR) is 130 cm³/mol. The zero-order valence-corrected chi connectivity index (χ0v) is 20.4. The molecule has 1 aromatic heterocycles. The van der Waals surface area contributed by atoms with Gasteiger partial charge in [0, 0.05) is 11.1 Å². The molecule has 0 radical (unpaired) electrons. The summed E-state index contributed by atoms with van der Waals surface area (Å²) in [4.78, 5) is 43.8. The van der Waals surface area contributed by atoms with Crippen LogP contribution in [0.25, 0.3) is 11.1 Å². The fourth-order valence-electron chi connectivity index (χ4n) is 4.59. The molecule has 2 aliphatic heterocycles. The van der Waals surface area contributed by atoms with Crippen molar-refractivity contribution >= 4 is 56.3 Å².